The van der Waals surface area contributed by atoms with Gasteiger partial charge in [-0.15, -0.1) is 0 Å². The third kappa shape index (κ3) is 5.48. The highest BCUT2D eigenvalue weighted by molar-refractivity contribution is 5.78. The van der Waals surface area contributed by atoms with Gasteiger partial charge in [0.1, 0.15) is 0 Å². The van der Waals surface area contributed by atoms with Crippen molar-refractivity contribution in [2.45, 2.75) is 39.8 Å². The second-order valence-electron chi connectivity index (χ2n) is 6.27. The van der Waals surface area contributed by atoms with E-state index in [-0.39, 0.29) is 18.0 Å². The van der Waals surface area contributed by atoms with Crippen LogP contribution in [0.2, 0.25) is 0 Å². The topological polar surface area (TPSA) is 58.4 Å². The van der Waals surface area contributed by atoms with Crippen molar-refractivity contribution < 1.29 is 4.79 Å². The maximum Gasteiger partial charge on any atom is 0.234 e. The number of carbonyl (C=O) groups excluding carboxylic acids is 1. The highest BCUT2D eigenvalue weighted by Crippen LogP contribution is 2.24. The molecule has 1 rings (SSSR count). The number of nitrogens with zero attached hydrogens (tertiary/aromatic N) is 1. The molecular weight excluding hydrogens is 262 g/mol. The summed E-state index contributed by atoms with van der Waals surface area (Å²) >= 11 is 0. The Morgan fingerprint density at radius 2 is 1.90 bits per heavy atom. The van der Waals surface area contributed by atoms with Gasteiger partial charge in [-0.3, -0.25) is 9.69 Å². The fraction of sp³-hybridized carbons (Fsp3) is 0.588. The first-order chi connectivity index (χ1) is 9.82. The molecule has 4 nitrogen and oxygen atoms in total. The average Bonchev–Trinajstić information content (AvgIpc) is 2.38. The summed E-state index contributed by atoms with van der Waals surface area (Å²) in [5, 5.41) is 2.95. The first kappa shape index (κ1) is 17.7. The van der Waals surface area contributed by atoms with Crippen LogP contribution in [0.5, 0.6) is 0 Å². The molecule has 0 saturated carbocycles. The Labute approximate surface area is 128 Å². The standard InChI is InChI=1S/C17H29N3O/c1-12(2)10-19-16(21)11-20(5)17(14(4)18)15-9-7-6-8-13(15)3/h6-9,12,14,17H,10-11,18H2,1-5H3,(H,19,21). The Bertz CT molecular complexity index is 457. The minimum absolute atomic E-state index is 0.0380. The zero-order valence-electron chi connectivity index (χ0n) is 13.9. The van der Waals surface area contributed by atoms with Gasteiger partial charge in [0.2, 0.25) is 5.91 Å². The molecule has 0 aliphatic carbocycles. The summed E-state index contributed by atoms with van der Waals surface area (Å²) in [4.78, 5) is 14.0. The fourth-order valence-electron chi connectivity index (χ4n) is 2.54. The smallest absolute Gasteiger partial charge is 0.234 e. The second-order valence-corrected chi connectivity index (χ2v) is 6.27. The van der Waals surface area contributed by atoms with Gasteiger partial charge in [-0.25, -0.2) is 0 Å². The van der Waals surface area contributed by atoms with Crippen LogP contribution in [0.1, 0.15) is 37.9 Å². The van der Waals surface area contributed by atoms with Crippen molar-refractivity contribution in [2.75, 3.05) is 20.1 Å². The Balaban J connectivity index is 2.77. The van der Waals surface area contributed by atoms with Gasteiger partial charge in [0.05, 0.1) is 12.6 Å². The van der Waals surface area contributed by atoms with Gasteiger partial charge >= 0.3 is 0 Å². The van der Waals surface area contributed by atoms with E-state index in [2.05, 4.69) is 38.2 Å². The monoisotopic (exact) mass is 291 g/mol. The van der Waals surface area contributed by atoms with Crippen LogP contribution in [-0.2, 0) is 4.79 Å². The lowest BCUT2D eigenvalue weighted by Crippen LogP contribution is -2.43. The minimum atomic E-state index is -0.0472. The number of nitrogens with two attached hydrogens (primary N) is 1. The summed E-state index contributed by atoms with van der Waals surface area (Å²) in [5.41, 5.74) is 8.55. The summed E-state index contributed by atoms with van der Waals surface area (Å²) in [6, 6.07) is 8.20. The molecule has 0 radical (unpaired) electrons. The molecule has 0 aromatic heterocycles. The van der Waals surface area contributed by atoms with Crippen LogP contribution in [0.4, 0.5) is 0 Å². The number of rotatable bonds is 7. The van der Waals surface area contributed by atoms with Gasteiger partial charge in [-0.05, 0) is 37.9 Å². The molecule has 2 unspecified atom stereocenters. The Kier molecular flexibility index (Phi) is 6.85. The summed E-state index contributed by atoms with van der Waals surface area (Å²) < 4.78 is 0. The van der Waals surface area contributed by atoms with Crippen molar-refractivity contribution in [1.82, 2.24) is 10.2 Å². The Hall–Kier alpha value is -1.39. The van der Waals surface area contributed by atoms with Crippen LogP contribution in [0.15, 0.2) is 24.3 Å². The van der Waals surface area contributed by atoms with E-state index in [0.717, 1.165) is 0 Å². The molecule has 1 aromatic rings. The molecule has 0 saturated heterocycles. The number of hydrogen-bond donors (Lipinski definition) is 2. The lowest BCUT2D eigenvalue weighted by atomic mass is 9.95. The van der Waals surface area contributed by atoms with Crippen molar-refractivity contribution in [3.05, 3.63) is 35.4 Å². The predicted octanol–water partition coefficient (Wildman–Crippen LogP) is 2.09. The van der Waals surface area contributed by atoms with Crippen LogP contribution in [0, 0.1) is 12.8 Å². The van der Waals surface area contributed by atoms with E-state index in [1.165, 1.54) is 11.1 Å². The molecule has 0 bridgehead atoms. The molecule has 4 heteroatoms. The molecule has 0 heterocycles. The Morgan fingerprint density at radius 1 is 1.29 bits per heavy atom. The molecule has 1 aromatic carbocycles. The zero-order valence-corrected chi connectivity index (χ0v) is 13.9. The number of nitrogens with one attached hydrogen (secondary N) is 1. The Morgan fingerprint density at radius 3 is 2.43 bits per heavy atom. The quantitative estimate of drug-likeness (QED) is 0.809. The first-order valence-corrected chi connectivity index (χ1v) is 7.61. The molecular formula is C17H29N3O. The summed E-state index contributed by atoms with van der Waals surface area (Å²) in [6.45, 7) is 9.30. The minimum Gasteiger partial charge on any atom is -0.355 e. The molecule has 0 spiro atoms. The number of aryl methyl sites for hydroxylation is 1. The molecule has 21 heavy (non-hydrogen) atoms. The summed E-state index contributed by atoms with van der Waals surface area (Å²) in [7, 11) is 1.95. The second kappa shape index (κ2) is 8.15. The van der Waals surface area contributed by atoms with Gasteiger partial charge in [0, 0.05) is 12.6 Å². The van der Waals surface area contributed by atoms with Crippen molar-refractivity contribution in [2.24, 2.45) is 11.7 Å². The lowest BCUT2D eigenvalue weighted by molar-refractivity contribution is -0.122. The number of hydrogen-bond acceptors (Lipinski definition) is 3. The number of likely N-dealkylation sites (N-methyl/N-ethyl adjacent to an activating group) is 1. The van der Waals surface area contributed by atoms with E-state index in [1.807, 2.05) is 31.0 Å². The van der Waals surface area contributed by atoms with E-state index in [9.17, 15) is 4.79 Å². The molecule has 0 aliphatic heterocycles. The SMILES string of the molecule is Cc1ccccc1C(C(C)N)N(C)CC(=O)NCC(C)C. The summed E-state index contributed by atoms with van der Waals surface area (Å²) in [6.07, 6.45) is 0. The van der Waals surface area contributed by atoms with Crippen molar-refractivity contribution in [1.29, 1.82) is 0 Å². The van der Waals surface area contributed by atoms with E-state index in [4.69, 9.17) is 5.73 Å². The van der Waals surface area contributed by atoms with Gasteiger partial charge in [-0.1, -0.05) is 38.1 Å². The van der Waals surface area contributed by atoms with Crippen LogP contribution in [-0.4, -0.2) is 37.0 Å². The molecule has 3 N–H and O–H groups in total. The van der Waals surface area contributed by atoms with E-state index in [1.54, 1.807) is 0 Å². The zero-order chi connectivity index (χ0) is 16.0. The van der Waals surface area contributed by atoms with Gasteiger partial charge in [0.25, 0.3) is 0 Å². The van der Waals surface area contributed by atoms with E-state index in [0.29, 0.717) is 19.0 Å². The highest BCUT2D eigenvalue weighted by atomic mass is 16.2. The predicted molar refractivity (Wildman–Crippen MR) is 88.0 cm³/mol. The van der Waals surface area contributed by atoms with Crippen molar-refractivity contribution in [3.8, 4) is 0 Å². The maximum absolute atomic E-state index is 12.0. The fourth-order valence-corrected chi connectivity index (χ4v) is 2.54. The molecule has 1 amide bonds. The molecule has 0 fully saturated rings. The van der Waals surface area contributed by atoms with Crippen LogP contribution < -0.4 is 11.1 Å². The summed E-state index contributed by atoms with van der Waals surface area (Å²) in [5.74, 6) is 0.505. The van der Waals surface area contributed by atoms with Gasteiger partial charge in [-0.2, -0.15) is 0 Å². The van der Waals surface area contributed by atoms with Crippen LogP contribution in [0.25, 0.3) is 0 Å². The van der Waals surface area contributed by atoms with Gasteiger partial charge < -0.3 is 11.1 Å². The third-order valence-corrected chi connectivity index (χ3v) is 3.58. The normalized spacial score (nSPS) is 14.3. The largest absolute Gasteiger partial charge is 0.355 e. The number of carbonyl (C=O) groups is 1. The van der Waals surface area contributed by atoms with Crippen LogP contribution in [0.3, 0.4) is 0 Å². The van der Waals surface area contributed by atoms with Gasteiger partial charge in [0.15, 0.2) is 0 Å². The molecule has 118 valence electrons. The third-order valence-electron chi connectivity index (χ3n) is 3.58. The van der Waals surface area contributed by atoms with Crippen molar-refractivity contribution in [3.63, 3.8) is 0 Å². The first-order valence-electron chi connectivity index (χ1n) is 7.61. The lowest BCUT2D eigenvalue weighted by Gasteiger charge is -2.32. The average molecular weight is 291 g/mol. The molecule has 0 aliphatic rings. The number of benzene rings is 1. The molecule has 2 atom stereocenters. The highest BCUT2D eigenvalue weighted by Gasteiger charge is 2.24. The van der Waals surface area contributed by atoms with Crippen molar-refractivity contribution >= 4 is 5.91 Å². The van der Waals surface area contributed by atoms with E-state index >= 15 is 0 Å². The van der Waals surface area contributed by atoms with E-state index < -0.39 is 0 Å². The maximum atomic E-state index is 12.0. The number of amides is 1. The van der Waals surface area contributed by atoms with Crippen LogP contribution >= 0.6 is 0 Å².